The van der Waals surface area contributed by atoms with Gasteiger partial charge in [-0.05, 0) is 41.5 Å². The maximum Gasteiger partial charge on any atom is 0.257 e. The van der Waals surface area contributed by atoms with Crippen LogP contribution in [0.4, 0.5) is 14.5 Å². The molecular formula is C21H13Cl2F2N5O2. The Labute approximate surface area is 190 Å². The van der Waals surface area contributed by atoms with E-state index in [9.17, 15) is 18.7 Å². The lowest BCUT2D eigenvalue weighted by atomic mass is 9.98. The first-order valence-electron chi connectivity index (χ1n) is 9.09. The van der Waals surface area contributed by atoms with Crippen LogP contribution in [0.3, 0.4) is 0 Å². The minimum atomic E-state index is -0.767. The van der Waals surface area contributed by atoms with Gasteiger partial charge in [0.05, 0.1) is 46.5 Å². The lowest BCUT2D eigenvalue weighted by Gasteiger charge is -2.13. The highest BCUT2D eigenvalue weighted by molar-refractivity contribution is 6.35. The van der Waals surface area contributed by atoms with Gasteiger partial charge in [-0.3, -0.25) is 4.79 Å². The normalized spacial score (nSPS) is 10.9. The van der Waals surface area contributed by atoms with Crippen molar-refractivity contribution in [3.05, 3.63) is 87.8 Å². The number of carbonyl (C=O) groups is 1. The van der Waals surface area contributed by atoms with Crippen LogP contribution in [0.15, 0.2) is 55.0 Å². The summed E-state index contributed by atoms with van der Waals surface area (Å²) in [5.41, 5.74) is 0.590. The van der Waals surface area contributed by atoms with Crippen molar-refractivity contribution in [1.29, 1.82) is 0 Å². The Morgan fingerprint density at radius 2 is 1.78 bits per heavy atom. The summed E-state index contributed by atoms with van der Waals surface area (Å²) in [5, 5.41) is 20.0. The number of nitrogens with one attached hydrogen (secondary N) is 1. The van der Waals surface area contributed by atoms with Crippen molar-refractivity contribution in [1.82, 2.24) is 20.0 Å². The van der Waals surface area contributed by atoms with Crippen LogP contribution >= 0.6 is 23.2 Å². The van der Waals surface area contributed by atoms with E-state index in [-0.39, 0.29) is 43.8 Å². The smallest absolute Gasteiger partial charge is 0.257 e. The third-order valence-electron chi connectivity index (χ3n) is 4.52. The zero-order valence-electron chi connectivity index (χ0n) is 16.1. The van der Waals surface area contributed by atoms with E-state index < -0.39 is 24.1 Å². The minimum absolute atomic E-state index is 0.0244. The van der Waals surface area contributed by atoms with Gasteiger partial charge in [-0.2, -0.15) is 10.2 Å². The van der Waals surface area contributed by atoms with Crippen LogP contribution in [-0.2, 0) is 6.61 Å². The Morgan fingerprint density at radius 3 is 2.47 bits per heavy atom. The fourth-order valence-corrected chi connectivity index (χ4v) is 3.54. The highest BCUT2D eigenvalue weighted by atomic mass is 35.5. The van der Waals surface area contributed by atoms with Crippen LogP contribution in [0.2, 0.25) is 10.0 Å². The van der Waals surface area contributed by atoms with Gasteiger partial charge >= 0.3 is 0 Å². The van der Waals surface area contributed by atoms with Crippen LogP contribution in [0.1, 0.15) is 15.9 Å². The van der Waals surface area contributed by atoms with E-state index >= 15 is 0 Å². The fraction of sp³-hybridized carbons (Fsp3) is 0.0476. The van der Waals surface area contributed by atoms with E-state index in [1.165, 1.54) is 41.6 Å². The van der Waals surface area contributed by atoms with Crippen molar-refractivity contribution in [3.63, 3.8) is 0 Å². The first-order valence-corrected chi connectivity index (χ1v) is 9.85. The SMILES string of the molecule is O=C(Nc1cnc(-n2nccn2)c(Cl)c1)c1cc(F)c(-c2ccc(F)cc2CO)cc1Cl. The first kappa shape index (κ1) is 21.8. The monoisotopic (exact) mass is 475 g/mol. The summed E-state index contributed by atoms with van der Waals surface area (Å²) < 4.78 is 28.3. The number of nitrogens with zero attached hydrogens (tertiary/aromatic N) is 4. The van der Waals surface area contributed by atoms with Crippen LogP contribution in [0.5, 0.6) is 0 Å². The number of hydrogen-bond donors (Lipinski definition) is 2. The topological polar surface area (TPSA) is 92.9 Å². The van der Waals surface area contributed by atoms with Crippen LogP contribution in [0.25, 0.3) is 16.9 Å². The Balaban J connectivity index is 1.61. The molecule has 0 radical (unpaired) electrons. The second-order valence-corrected chi connectivity index (χ2v) is 7.39. The number of benzene rings is 2. The Morgan fingerprint density at radius 1 is 1.03 bits per heavy atom. The van der Waals surface area contributed by atoms with Crippen molar-refractivity contribution in [3.8, 4) is 16.9 Å². The molecule has 0 saturated carbocycles. The number of aliphatic hydroxyl groups excluding tert-OH is 1. The van der Waals surface area contributed by atoms with Crippen LogP contribution in [-0.4, -0.2) is 31.0 Å². The summed E-state index contributed by atoms with van der Waals surface area (Å²) in [5.74, 6) is -1.76. The average Bonchev–Trinajstić information content (AvgIpc) is 3.29. The predicted molar refractivity (Wildman–Crippen MR) is 115 cm³/mol. The molecule has 2 aromatic carbocycles. The molecule has 2 heterocycles. The molecule has 0 aliphatic carbocycles. The maximum absolute atomic E-state index is 14.8. The third kappa shape index (κ3) is 4.31. The quantitative estimate of drug-likeness (QED) is 0.437. The van der Waals surface area contributed by atoms with Gasteiger partial charge in [0.25, 0.3) is 5.91 Å². The van der Waals surface area contributed by atoms with Crippen LogP contribution in [0, 0.1) is 11.6 Å². The molecule has 0 atom stereocenters. The number of hydrogen-bond acceptors (Lipinski definition) is 5. The minimum Gasteiger partial charge on any atom is -0.392 e. The van der Waals surface area contributed by atoms with Crippen molar-refractivity contribution in [2.45, 2.75) is 6.61 Å². The molecule has 2 aromatic heterocycles. The number of carbonyl (C=O) groups excluding carboxylic acids is 1. The van der Waals surface area contributed by atoms with E-state index in [4.69, 9.17) is 23.2 Å². The zero-order valence-corrected chi connectivity index (χ0v) is 17.6. The van der Waals surface area contributed by atoms with E-state index in [0.717, 1.165) is 18.2 Å². The Hall–Kier alpha value is -3.40. The molecule has 1 amide bonds. The van der Waals surface area contributed by atoms with E-state index in [1.54, 1.807) is 0 Å². The van der Waals surface area contributed by atoms with Gasteiger partial charge in [-0.25, -0.2) is 13.8 Å². The van der Waals surface area contributed by atoms with Crippen molar-refractivity contribution >= 4 is 34.8 Å². The molecule has 2 N–H and O–H groups in total. The molecule has 0 aliphatic rings. The summed E-state index contributed by atoms with van der Waals surface area (Å²) in [6, 6.07) is 7.23. The molecular weight excluding hydrogens is 463 g/mol. The molecule has 162 valence electrons. The molecule has 0 bridgehead atoms. The van der Waals surface area contributed by atoms with Crippen LogP contribution < -0.4 is 5.32 Å². The number of anilines is 1. The fourth-order valence-electron chi connectivity index (χ4n) is 3.05. The molecule has 0 spiro atoms. The molecule has 11 heteroatoms. The third-order valence-corrected chi connectivity index (χ3v) is 5.11. The highest BCUT2D eigenvalue weighted by Crippen LogP contribution is 2.32. The van der Waals surface area contributed by atoms with E-state index in [0.29, 0.717) is 0 Å². The molecule has 4 aromatic rings. The standard InChI is InChI=1S/C21H13Cl2F2N5O2/c22-17-7-15(14-2-1-12(24)5-11(14)10-31)19(25)8-16(17)21(32)29-13-6-18(23)20(26-9-13)30-27-3-4-28-30/h1-9,31H,10H2,(H,29,32). The lowest BCUT2D eigenvalue weighted by Crippen LogP contribution is -2.14. The second kappa shape index (κ2) is 8.99. The average molecular weight is 476 g/mol. The van der Waals surface area contributed by atoms with Crippen molar-refractivity contribution in [2.24, 2.45) is 0 Å². The van der Waals surface area contributed by atoms with Gasteiger partial charge in [0.15, 0.2) is 5.82 Å². The van der Waals surface area contributed by atoms with E-state index in [1.807, 2.05) is 0 Å². The highest BCUT2D eigenvalue weighted by Gasteiger charge is 2.19. The van der Waals surface area contributed by atoms with Gasteiger partial charge in [-0.1, -0.05) is 29.3 Å². The Kier molecular flexibility index (Phi) is 6.13. The number of amides is 1. The molecule has 4 rings (SSSR count). The lowest BCUT2D eigenvalue weighted by molar-refractivity contribution is 0.102. The summed E-state index contributed by atoms with van der Waals surface area (Å²) >= 11 is 12.4. The summed E-state index contributed by atoms with van der Waals surface area (Å²) in [7, 11) is 0. The van der Waals surface area contributed by atoms with Crippen molar-refractivity contribution in [2.75, 3.05) is 5.32 Å². The first-order chi connectivity index (χ1) is 15.4. The summed E-state index contributed by atoms with van der Waals surface area (Å²) in [4.78, 5) is 18.0. The second-order valence-electron chi connectivity index (χ2n) is 6.57. The summed E-state index contributed by atoms with van der Waals surface area (Å²) in [6.07, 6.45) is 4.26. The van der Waals surface area contributed by atoms with Gasteiger partial charge in [0, 0.05) is 5.56 Å². The summed E-state index contributed by atoms with van der Waals surface area (Å²) in [6.45, 7) is -0.496. The maximum atomic E-state index is 14.8. The predicted octanol–water partition coefficient (Wildman–Crippen LogP) is 4.66. The molecule has 7 nitrogen and oxygen atoms in total. The zero-order chi connectivity index (χ0) is 22.8. The number of aromatic nitrogens is 4. The van der Waals surface area contributed by atoms with Crippen molar-refractivity contribution < 1.29 is 18.7 Å². The molecule has 0 aliphatic heterocycles. The van der Waals surface area contributed by atoms with Gasteiger partial charge in [0.2, 0.25) is 0 Å². The molecule has 0 saturated heterocycles. The number of pyridine rings is 1. The van der Waals surface area contributed by atoms with Gasteiger partial charge in [0.1, 0.15) is 11.6 Å². The largest absolute Gasteiger partial charge is 0.392 e. The molecule has 32 heavy (non-hydrogen) atoms. The van der Waals surface area contributed by atoms with Gasteiger partial charge < -0.3 is 10.4 Å². The Bertz CT molecular complexity index is 1320. The van der Waals surface area contributed by atoms with Gasteiger partial charge in [-0.15, -0.1) is 4.80 Å². The number of aliphatic hydroxyl groups is 1. The number of rotatable bonds is 5. The molecule has 0 unspecified atom stereocenters. The molecule has 0 fully saturated rings. The van der Waals surface area contributed by atoms with E-state index in [2.05, 4.69) is 20.5 Å². The number of halogens is 4.